The third kappa shape index (κ3) is 5.60. The van der Waals surface area contributed by atoms with Crippen LogP contribution in [0, 0.1) is 0 Å². The van der Waals surface area contributed by atoms with E-state index in [1.807, 2.05) is 25.1 Å². The van der Waals surface area contributed by atoms with Crippen LogP contribution in [0.2, 0.25) is 0 Å². The summed E-state index contributed by atoms with van der Waals surface area (Å²) in [6, 6.07) is 12.3. The van der Waals surface area contributed by atoms with Crippen molar-refractivity contribution in [3.8, 4) is 0 Å². The van der Waals surface area contributed by atoms with Crippen LogP contribution in [0.5, 0.6) is 0 Å². The molecule has 133 valence electrons. The summed E-state index contributed by atoms with van der Waals surface area (Å²) in [7, 11) is 0. The van der Waals surface area contributed by atoms with E-state index in [0.29, 0.717) is 11.8 Å². The fourth-order valence-corrected chi connectivity index (χ4v) is 2.71. The molecule has 5 heteroatoms. The standard InChI is InChI=1S/C19H23N2.2ClH.Fe/c1-13(2)16-9-8-10-17(14(3)4)19(16)21-15(5)18-11-6-7-12-20-18;;;/h6-11,13-14H,1-5H3;2*1H;. The molecule has 0 fully saturated rings. The fraction of sp³-hybridized carbons (Fsp3) is 0.368. The normalized spacial score (nSPS) is 11.2. The van der Waals surface area contributed by atoms with E-state index in [-0.39, 0.29) is 24.8 Å². The summed E-state index contributed by atoms with van der Waals surface area (Å²) in [5.41, 5.74) is 5.50. The summed E-state index contributed by atoms with van der Waals surface area (Å²) in [6.45, 7) is 10.9. The molecule has 0 radical (unpaired) electrons. The maximum atomic E-state index is 4.94. The SMILES string of the molecule is CC(=Nc1c(C(C)C)cccc1C(C)C)c1ccc[c]([Fe])n1.Cl.Cl. The monoisotopic (exact) mass is 407 g/mol. The Labute approximate surface area is 166 Å². The number of aromatic nitrogens is 1. The fourth-order valence-electron chi connectivity index (χ4n) is 2.47. The molecule has 0 amide bonds. The van der Waals surface area contributed by atoms with Crippen molar-refractivity contribution >= 4 is 40.8 Å². The predicted molar refractivity (Wildman–Crippen MR) is 105 cm³/mol. The topological polar surface area (TPSA) is 25.2 Å². The summed E-state index contributed by atoms with van der Waals surface area (Å²) in [6.07, 6.45) is 0. The van der Waals surface area contributed by atoms with Gasteiger partial charge < -0.3 is 0 Å². The van der Waals surface area contributed by atoms with Gasteiger partial charge in [0.15, 0.2) is 0 Å². The van der Waals surface area contributed by atoms with Gasteiger partial charge in [-0.3, -0.25) is 0 Å². The Morgan fingerprint density at radius 3 is 1.88 bits per heavy atom. The van der Waals surface area contributed by atoms with Crippen LogP contribution in [-0.4, -0.2) is 10.7 Å². The van der Waals surface area contributed by atoms with Crippen LogP contribution in [0.4, 0.5) is 5.69 Å². The summed E-state index contributed by atoms with van der Waals surface area (Å²) < 4.78 is 0.772. The van der Waals surface area contributed by atoms with E-state index >= 15 is 0 Å². The Bertz CT molecular complexity index is 671. The maximum absolute atomic E-state index is 4.94. The minimum atomic E-state index is 0. The van der Waals surface area contributed by atoms with Crippen molar-refractivity contribution in [3.63, 3.8) is 0 Å². The number of rotatable bonds is 4. The Morgan fingerprint density at radius 1 is 0.917 bits per heavy atom. The molecule has 24 heavy (non-hydrogen) atoms. The second-order valence-electron chi connectivity index (χ2n) is 6.12. The van der Waals surface area contributed by atoms with E-state index < -0.39 is 0 Å². The molecular weight excluding hydrogens is 383 g/mol. The van der Waals surface area contributed by atoms with Crippen LogP contribution in [-0.2, 0) is 16.0 Å². The van der Waals surface area contributed by atoms with Crippen molar-refractivity contribution in [2.24, 2.45) is 4.99 Å². The molecule has 0 unspecified atom stereocenters. The van der Waals surface area contributed by atoms with Gasteiger partial charge in [0.25, 0.3) is 0 Å². The molecule has 0 aliphatic heterocycles. The van der Waals surface area contributed by atoms with Gasteiger partial charge in [-0.15, -0.1) is 24.8 Å². The zero-order valence-electron chi connectivity index (χ0n) is 14.7. The molecule has 0 aliphatic rings. The molecule has 1 aromatic heterocycles. The molecular formula is C19H25Cl2FeN2. The van der Waals surface area contributed by atoms with Crippen LogP contribution < -0.4 is 4.59 Å². The van der Waals surface area contributed by atoms with Crippen molar-refractivity contribution in [2.45, 2.75) is 46.5 Å². The Hall–Kier alpha value is -0.861. The largest absolute Gasteiger partial charge is 0.147 e. The zero-order chi connectivity index (χ0) is 16.3. The van der Waals surface area contributed by atoms with E-state index in [0.717, 1.165) is 21.7 Å². The number of aliphatic imine (C=N–C) groups is 1. The van der Waals surface area contributed by atoms with E-state index in [9.17, 15) is 0 Å². The van der Waals surface area contributed by atoms with Gasteiger partial charge in [-0.05, 0) is 0 Å². The Balaban J connectivity index is 0.00000264. The Morgan fingerprint density at radius 2 is 1.42 bits per heavy atom. The number of benzene rings is 1. The number of pyridine rings is 1. The van der Waals surface area contributed by atoms with Crippen molar-refractivity contribution in [2.75, 3.05) is 0 Å². The molecule has 2 nitrogen and oxygen atoms in total. The first-order valence-electron chi connectivity index (χ1n) is 7.70. The minimum absolute atomic E-state index is 0. The quantitative estimate of drug-likeness (QED) is 0.486. The maximum Gasteiger partial charge on any atom is -0.147 e. The van der Waals surface area contributed by atoms with Gasteiger partial charge in [-0.25, -0.2) is 0 Å². The average Bonchev–Trinajstić information content (AvgIpc) is 2.46. The van der Waals surface area contributed by atoms with Crippen molar-refractivity contribution in [1.29, 1.82) is 0 Å². The molecule has 0 spiro atoms. The van der Waals surface area contributed by atoms with Crippen LogP contribution in [0.3, 0.4) is 0 Å². The molecule has 1 aromatic carbocycles. The third-order valence-corrected chi connectivity index (χ3v) is 4.01. The van der Waals surface area contributed by atoms with E-state index in [4.69, 9.17) is 4.99 Å². The number of halogens is 2. The average molecular weight is 408 g/mol. The van der Waals surface area contributed by atoms with Gasteiger partial charge in [0.05, 0.1) is 0 Å². The van der Waals surface area contributed by atoms with Crippen LogP contribution in [0.15, 0.2) is 41.4 Å². The molecule has 2 rings (SSSR count). The molecule has 0 bridgehead atoms. The molecule has 0 aliphatic carbocycles. The second kappa shape index (κ2) is 10.2. The van der Waals surface area contributed by atoms with Crippen molar-refractivity contribution in [3.05, 3.63) is 53.2 Å². The predicted octanol–water partition coefficient (Wildman–Crippen LogP) is 5.48. The van der Waals surface area contributed by atoms with Crippen LogP contribution >= 0.6 is 24.8 Å². The smallest absolute Gasteiger partial charge is 0.147 e. The molecule has 1 heterocycles. The minimum Gasteiger partial charge on any atom is -0.147 e. The first-order valence-corrected chi connectivity index (χ1v) is 8.25. The van der Waals surface area contributed by atoms with E-state index in [1.165, 1.54) is 11.1 Å². The number of nitrogens with zero attached hydrogens (tertiary/aromatic N) is 2. The van der Waals surface area contributed by atoms with Crippen molar-refractivity contribution in [1.82, 2.24) is 4.98 Å². The van der Waals surface area contributed by atoms with Gasteiger partial charge in [-0.2, -0.15) is 0 Å². The van der Waals surface area contributed by atoms with E-state index in [1.54, 1.807) is 0 Å². The number of para-hydroxylation sites is 1. The summed E-state index contributed by atoms with van der Waals surface area (Å²) in [4.78, 5) is 9.42. The summed E-state index contributed by atoms with van der Waals surface area (Å²) in [5.74, 6) is 0.884. The van der Waals surface area contributed by atoms with Gasteiger partial charge in [0.1, 0.15) is 0 Å². The van der Waals surface area contributed by atoms with Crippen molar-refractivity contribution < 1.29 is 16.0 Å². The van der Waals surface area contributed by atoms with Crippen LogP contribution in [0.25, 0.3) is 0 Å². The zero-order valence-corrected chi connectivity index (χ0v) is 17.4. The Kier molecular flexibility index (Phi) is 9.84. The van der Waals surface area contributed by atoms with Gasteiger partial charge in [0.2, 0.25) is 0 Å². The molecule has 0 saturated carbocycles. The van der Waals surface area contributed by atoms with E-state index in [2.05, 4.69) is 66.9 Å². The summed E-state index contributed by atoms with van der Waals surface area (Å²) >= 11 is 3.90. The van der Waals surface area contributed by atoms with Gasteiger partial charge in [0, 0.05) is 0 Å². The molecule has 2 aromatic rings. The molecule has 0 atom stereocenters. The second-order valence-corrected chi connectivity index (χ2v) is 6.69. The summed E-state index contributed by atoms with van der Waals surface area (Å²) in [5, 5.41) is 0. The number of hydrogen-bond donors (Lipinski definition) is 0. The first kappa shape index (κ1) is 23.1. The van der Waals surface area contributed by atoms with Gasteiger partial charge in [-0.1, -0.05) is 0 Å². The molecule has 0 N–H and O–H groups in total. The third-order valence-electron chi connectivity index (χ3n) is 3.70. The van der Waals surface area contributed by atoms with Crippen LogP contribution in [0.1, 0.15) is 63.3 Å². The van der Waals surface area contributed by atoms with Gasteiger partial charge >= 0.3 is 142 Å². The number of hydrogen-bond acceptors (Lipinski definition) is 2. The first-order chi connectivity index (χ1) is 10.4. The molecule has 0 saturated heterocycles.